The van der Waals surface area contributed by atoms with Crippen LogP contribution in [0.2, 0.25) is 0 Å². The molecule has 0 bridgehead atoms. The minimum absolute atomic E-state index is 0.444. The standard InChI is InChI=1S/C6H12NO/c1-2-3-6-4-7-5-8-6/h5-7H,2-4H2,1H3. The first-order valence-electron chi connectivity index (χ1n) is 3.14. The van der Waals surface area contributed by atoms with Crippen LogP contribution < -0.4 is 5.32 Å². The first-order chi connectivity index (χ1) is 3.93. The Balaban J connectivity index is 2.06. The monoisotopic (exact) mass is 114 g/mol. The smallest absolute Gasteiger partial charge is 0.148 e. The molecule has 1 saturated heterocycles. The summed E-state index contributed by atoms with van der Waals surface area (Å²) in [6.45, 7) is 4.84. The number of hydrogen-bond donors (Lipinski definition) is 1. The third kappa shape index (κ3) is 1.46. The zero-order valence-electron chi connectivity index (χ0n) is 5.18. The van der Waals surface area contributed by atoms with Gasteiger partial charge in [-0.05, 0) is 6.42 Å². The lowest BCUT2D eigenvalue weighted by atomic mass is 10.2. The van der Waals surface area contributed by atoms with Gasteiger partial charge in [0.1, 0.15) is 6.73 Å². The van der Waals surface area contributed by atoms with Crippen LogP contribution in [0.3, 0.4) is 0 Å². The van der Waals surface area contributed by atoms with Crippen molar-refractivity contribution in [2.75, 3.05) is 6.54 Å². The summed E-state index contributed by atoms with van der Waals surface area (Å²) in [5.74, 6) is 0. The molecule has 0 aromatic carbocycles. The van der Waals surface area contributed by atoms with Crippen LogP contribution in [0.25, 0.3) is 0 Å². The molecule has 1 unspecified atom stereocenters. The summed E-state index contributed by atoms with van der Waals surface area (Å²) in [6, 6.07) is 0. The molecule has 0 spiro atoms. The van der Waals surface area contributed by atoms with Gasteiger partial charge in [0, 0.05) is 6.54 Å². The highest BCUT2D eigenvalue weighted by Gasteiger charge is 2.12. The van der Waals surface area contributed by atoms with Gasteiger partial charge in [0.25, 0.3) is 0 Å². The number of rotatable bonds is 2. The van der Waals surface area contributed by atoms with E-state index in [1.54, 1.807) is 6.73 Å². The Morgan fingerprint density at radius 2 is 2.75 bits per heavy atom. The van der Waals surface area contributed by atoms with Crippen LogP contribution in [0.4, 0.5) is 0 Å². The minimum Gasteiger partial charge on any atom is -0.355 e. The van der Waals surface area contributed by atoms with Crippen molar-refractivity contribution in [3.8, 4) is 0 Å². The van der Waals surface area contributed by atoms with Crippen molar-refractivity contribution in [2.45, 2.75) is 25.9 Å². The predicted octanol–water partition coefficient (Wildman–Crippen LogP) is 0.894. The van der Waals surface area contributed by atoms with E-state index in [-0.39, 0.29) is 0 Å². The van der Waals surface area contributed by atoms with Crippen molar-refractivity contribution in [1.29, 1.82) is 0 Å². The second kappa shape index (κ2) is 3.05. The first kappa shape index (κ1) is 6.05. The Bertz CT molecular complexity index is 59.5. The van der Waals surface area contributed by atoms with E-state index in [4.69, 9.17) is 4.74 Å². The molecule has 8 heavy (non-hydrogen) atoms. The molecule has 1 aliphatic rings. The summed E-state index contributed by atoms with van der Waals surface area (Å²) in [6.07, 6.45) is 2.82. The Morgan fingerprint density at radius 1 is 1.88 bits per heavy atom. The topological polar surface area (TPSA) is 21.3 Å². The highest BCUT2D eigenvalue weighted by molar-refractivity contribution is 4.70. The van der Waals surface area contributed by atoms with Gasteiger partial charge in [-0.3, -0.25) is 5.32 Å². The molecule has 0 aliphatic carbocycles. The zero-order valence-corrected chi connectivity index (χ0v) is 5.18. The molecule has 1 fully saturated rings. The molecule has 2 heteroatoms. The lowest BCUT2D eigenvalue weighted by Gasteiger charge is -2.02. The van der Waals surface area contributed by atoms with Crippen LogP contribution >= 0.6 is 0 Å². The summed E-state index contributed by atoms with van der Waals surface area (Å²) in [5, 5.41) is 3.01. The maximum atomic E-state index is 5.16. The van der Waals surface area contributed by atoms with Crippen LogP contribution in [0, 0.1) is 6.73 Å². The zero-order chi connectivity index (χ0) is 5.82. The van der Waals surface area contributed by atoms with E-state index in [1.807, 2.05) is 0 Å². The molecule has 1 heterocycles. The molecule has 0 saturated carbocycles. The van der Waals surface area contributed by atoms with Crippen LogP contribution in [0.15, 0.2) is 0 Å². The molecular weight excluding hydrogens is 102 g/mol. The predicted molar refractivity (Wildman–Crippen MR) is 32.1 cm³/mol. The molecule has 1 aliphatic heterocycles. The van der Waals surface area contributed by atoms with Gasteiger partial charge in [0.05, 0.1) is 6.10 Å². The summed E-state index contributed by atoms with van der Waals surface area (Å²) in [4.78, 5) is 0. The van der Waals surface area contributed by atoms with Crippen molar-refractivity contribution in [3.63, 3.8) is 0 Å². The second-order valence-corrected chi connectivity index (χ2v) is 2.07. The summed E-state index contributed by atoms with van der Waals surface area (Å²) < 4.78 is 5.16. The number of nitrogens with one attached hydrogen (secondary N) is 1. The van der Waals surface area contributed by atoms with E-state index >= 15 is 0 Å². The number of hydrogen-bond acceptors (Lipinski definition) is 2. The molecule has 47 valence electrons. The van der Waals surface area contributed by atoms with Gasteiger partial charge in [-0.25, -0.2) is 0 Å². The summed E-state index contributed by atoms with van der Waals surface area (Å²) in [7, 11) is 0. The van der Waals surface area contributed by atoms with Crippen molar-refractivity contribution in [2.24, 2.45) is 0 Å². The fraction of sp³-hybridized carbons (Fsp3) is 0.833. The Kier molecular flexibility index (Phi) is 2.30. The van der Waals surface area contributed by atoms with Gasteiger partial charge in [-0.2, -0.15) is 0 Å². The fourth-order valence-corrected chi connectivity index (χ4v) is 0.864. The normalized spacial score (nSPS) is 28.9. The lowest BCUT2D eigenvalue weighted by molar-refractivity contribution is 0.151. The Labute approximate surface area is 50.2 Å². The van der Waals surface area contributed by atoms with E-state index in [9.17, 15) is 0 Å². The van der Waals surface area contributed by atoms with Crippen molar-refractivity contribution >= 4 is 0 Å². The number of ether oxygens (including phenoxy) is 1. The maximum absolute atomic E-state index is 5.16. The maximum Gasteiger partial charge on any atom is 0.148 e. The quantitative estimate of drug-likeness (QED) is 0.575. The summed E-state index contributed by atoms with van der Waals surface area (Å²) in [5.41, 5.74) is 0. The third-order valence-electron chi connectivity index (χ3n) is 1.30. The molecule has 1 radical (unpaired) electrons. The van der Waals surface area contributed by atoms with Crippen LogP contribution in [0.1, 0.15) is 19.8 Å². The first-order valence-corrected chi connectivity index (χ1v) is 3.14. The second-order valence-electron chi connectivity index (χ2n) is 2.07. The van der Waals surface area contributed by atoms with Crippen molar-refractivity contribution < 1.29 is 4.74 Å². The minimum atomic E-state index is 0.444. The van der Waals surface area contributed by atoms with Gasteiger partial charge >= 0.3 is 0 Å². The molecule has 0 aromatic rings. The SMILES string of the molecule is CCCC1CN[CH]O1. The Morgan fingerprint density at radius 3 is 3.25 bits per heavy atom. The average molecular weight is 114 g/mol. The highest BCUT2D eigenvalue weighted by atomic mass is 16.5. The lowest BCUT2D eigenvalue weighted by Crippen LogP contribution is -2.12. The van der Waals surface area contributed by atoms with Gasteiger partial charge in [-0.1, -0.05) is 13.3 Å². The molecule has 1 N–H and O–H groups in total. The van der Waals surface area contributed by atoms with E-state index in [1.165, 1.54) is 12.8 Å². The van der Waals surface area contributed by atoms with Gasteiger partial charge in [0.2, 0.25) is 0 Å². The van der Waals surface area contributed by atoms with Gasteiger partial charge in [-0.15, -0.1) is 0 Å². The van der Waals surface area contributed by atoms with Crippen molar-refractivity contribution in [3.05, 3.63) is 6.73 Å². The average Bonchev–Trinajstić information content (AvgIpc) is 2.19. The van der Waals surface area contributed by atoms with Crippen LogP contribution in [-0.4, -0.2) is 12.6 Å². The molecule has 1 atom stereocenters. The van der Waals surface area contributed by atoms with E-state index in [0.29, 0.717) is 6.10 Å². The van der Waals surface area contributed by atoms with E-state index < -0.39 is 0 Å². The molecule has 2 nitrogen and oxygen atoms in total. The third-order valence-corrected chi connectivity index (χ3v) is 1.30. The van der Waals surface area contributed by atoms with Gasteiger partial charge < -0.3 is 4.74 Å². The van der Waals surface area contributed by atoms with Crippen LogP contribution in [0.5, 0.6) is 0 Å². The molecule has 1 rings (SSSR count). The van der Waals surface area contributed by atoms with Gasteiger partial charge in [0.15, 0.2) is 0 Å². The fourth-order valence-electron chi connectivity index (χ4n) is 0.864. The molecule has 0 aromatic heterocycles. The molecule has 0 amide bonds. The van der Waals surface area contributed by atoms with E-state index in [2.05, 4.69) is 12.2 Å². The Hall–Kier alpha value is -0.0800. The summed E-state index contributed by atoms with van der Waals surface area (Å²) >= 11 is 0. The largest absolute Gasteiger partial charge is 0.355 e. The van der Waals surface area contributed by atoms with Crippen molar-refractivity contribution in [1.82, 2.24) is 5.32 Å². The molecular formula is C6H12NO. The van der Waals surface area contributed by atoms with E-state index in [0.717, 1.165) is 6.54 Å². The van der Waals surface area contributed by atoms with Crippen LogP contribution in [-0.2, 0) is 4.74 Å². The highest BCUT2D eigenvalue weighted by Crippen LogP contribution is 2.06.